The molecule has 16 aromatic carbocycles. The Balaban J connectivity index is 0.712. The largest absolute Gasteiger partial charge is 0.456 e. The Morgan fingerprint density at radius 2 is 0.560 bits per heavy atom. The molecule has 0 spiro atoms. The summed E-state index contributed by atoms with van der Waals surface area (Å²) in [5.74, 6) is 1.29. The van der Waals surface area contributed by atoms with Crippen LogP contribution in [0.4, 0.5) is 0 Å². The normalized spacial score (nSPS) is 12.8. The maximum atomic E-state index is 6.33. The van der Waals surface area contributed by atoms with E-state index in [4.69, 9.17) is 23.2 Å². The number of hydrogen-bond acceptors (Lipinski definition) is 5. The van der Waals surface area contributed by atoms with Crippen LogP contribution in [-0.2, 0) is 5.41 Å². The molecule has 0 fully saturated rings. The minimum atomic E-state index is -0.792. The van der Waals surface area contributed by atoms with Crippen molar-refractivity contribution in [3.8, 4) is 73.2 Å². The SMILES string of the molecule is c1ccc(C2(c3ccccc3)c3cc(-c4cc(-n5c6ccccc6c6cc(-c7ccc8oc9ccccc9c8c7)ccc65)nc(-n5c6ccccc6c6cc(-c7ccc8oc9ccccc9c8c7)ccc65)n4)ccc3-c3ccc(-n4c5ccccc5c5cc(-c6ccc7oc8ccccc8c7c6)ccc54)cc32)cc1. The summed E-state index contributed by atoms with van der Waals surface area (Å²) in [6.07, 6.45) is 0. The number of nitrogens with zero attached hydrogens (tertiary/aromatic N) is 5. The maximum absolute atomic E-state index is 6.33. The van der Waals surface area contributed by atoms with Gasteiger partial charge in [-0.3, -0.25) is 9.13 Å². The summed E-state index contributed by atoms with van der Waals surface area (Å²) >= 11 is 0. The molecule has 0 saturated heterocycles. The second kappa shape index (κ2) is 22.7. The summed E-state index contributed by atoms with van der Waals surface area (Å²) in [6, 6.07) is 130. The first-order chi connectivity index (χ1) is 54.0. The Bertz CT molecular complexity index is 7530. The maximum Gasteiger partial charge on any atom is 0.237 e. The second-order valence-corrected chi connectivity index (χ2v) is 29.1. The van der Waals surface area contributed by atoms with Gasteiger partial charge in [0.15, 0.2) is 0 Å². The Labute approximate surface area is 623 Å². The van der Waals surface area contributed by atoms with Gasteiger partial charge in [-0.2, -0.15) is 4.98 Å². The van der Waals surface area contributed by atoms with Gasteiger partial charge in [0.25, 0.3) is 0 Å². The molecule has 1 aliphatic carbocycles. The molecule has 0 aliphatic heterocycles. The van der Waals surface area contributed by atoms with E-state index >= 15 is 0 Å². The molecule has 8 nitrogen and oxygen atoms in total. The standard InChI is InChI=1S/C101H59N5O3/c1-3-19-67(20-4-1)101(68-21-5-2-6-22-68)84-57-66(35-43-70(84)71-44-42-69(58-85(71)101)104-87-29-13-7-23-72(87)78-51-60(36-45-90(78)104)63-39-48-96-81(54-63)75-26-10-16-32-93(75)107-96)86-59-99(105-88-30-14-8-24-73(88)79-52-61(37-46-91(79)105)64-40-49-97-82(55-64)76-27-11-17-33-94(76)108-97)103-100(102-86)106-89-31-15-9-25-74(89)80-53-62(38-47-92(80)106)65-41-50-98-83(56-65)77-28-12-18-34-95(77)109-98/h1-59H. The highest BCUT2D eigenvalue weighted by atomic mass is 16.3. The Kier molecular flexibility index (Phi) is 12.4. The van der Waals surface area contributed by atoms with Crippen LogP contribution >= 0.6 is 0 Å². The molecule has 109 heavy (non-hydrogen) atoms. The molecule has 0 bridgehead atoms. The van der Waals surface area contributed by atoms with Crippen molar-refractivity contribution >= 4 is 131 Å². The number of para-hydroxylation sites is 6. The van der Waals surface area contributed by atoms with Gasteiger partial charge in [-0.15, -0.1) is 0 Å². The number of fused-ring (bicyclic) bond motifs is 21. The zero-order valence-corrected chi connectivity index (χ0v) is 58.5. The first kappa shape index (κ1) is 59.7. The molecule has 1 aliphatic rings. The van der Waals surface area contributed by atoms with E-state index in [0.29, 0.717) is 5.95 Å². The average Bonchev–Trinajstić information content (AvgIpc) is 1.53. The van der Waals surface area contributed by atoms with Crippen LogP contribution in [0.1, 0.15) is 22.3 Å². The molecule has 0 atom stereocenters. The molecule has 8 heteroatoms. The van der Waals surface area contributed by atoms with Gasteiger partial charge >= 0.3 is 0 Å². The van der Waals surface area contributed by atoms with Crippen LogP contribution in [0.15, 0.2) is 371 Å². The predicted octanol–water partition coefficient (Wildman–Crippen LogP) is 26.5. The van der Waals surface area contributed by atoms with Crippen LogP contribution in [-0.4, -0.2) is 23.7 Å². The highest BCUT2D eigenvalue weighted by Crippen LogP contribution is 2.58. The molecule has 23 aromatic rings. The van der Waals surface area contributed by atoms with Crippen molar-refractivity contribution in [1.29, 1.82) is 0 Å². The van der Waals surface area contributed by atoms with Gasteiger partial charge in [0, 0.05) is 82.0 Å². The fourth-order valence-electron chi connectivity index (χ4n) is 18.5. The molecule has 0 N–H and O–H groups in total. The topological polar surface area (TPSA) is 80.0 Å². The van der Waals surface area contributed by atoms with Gasteiger partial charge in [-0.25, -0.2) is 4.98 Å². The number of rotatable bonds is 9. The summed E-state index contributed by atoms with van der Waals surface area (Å²) in [6.45, 7) is 0. The monoisotopic (exact) mass is 1390 g/mol. The third kappa shape index (κ3) is 8.70. The molecule has 0 saturated carbocycles. The van der Waals surface area contributed by atoms with E-state index in [9.17, 15) is 0 Å². The van der Waals surface area contributed by atoms with Crippen molar-refractivity contribution in [1.82, 2.24) is 23.7 Å². The third-order valence-corrected chi connectivity index (χ3v) is 23.4. The van der Waals surface area contributed by atoms with Crippen molar-refractivity contribution in [2.75, 3.05) is 0 Å². The van der Waals surface area contributed by atoms with E-state index in [0.717, 1.165) is 177 Å². The number of aromatic nitrogens is 5. The lowest BCUT2D eigenvalue weighted by molar-refractivity contribution is 0.668. The molecule has 0 amide bonds. The third-order valence-electron chi connectivity index (χ3n) is 23.4. The molecule has 7 heterocycles. The van der Waals surface area contributed by atoms with Crippen LogP contribution < -0.4 is 0 Å². The average molecular weight is 1390 g/mol. The van der Waals surface area contributed by atoms with Crippen molar-refractivity contribution in [2.24, 2.45) is 0 Å². The molecule has 0 radical (unpaired) electrons. The second-order valence-electron chi connectivity index (χ2n) is 29.1. The number of furan rings is 3. The number of benzene rings is 16. The fourth-order valence-corrected chi connectivity index (χ4v) is 18.5. The molecule has 24 rings (SSSR count). The first-order valence-electron chi connectivity index (χ1n) is 37.1. The van der Waals surface area contributed by atoms with E-state index in [-0.39, 0.29) is 0 Å². The van der Waals surface area contributed by atoms with E-state index < -0.39 is 5.41 Å². The molecule has 506 valence electrons. The highest BCUT2D eigenvalue weighted by molar-refractivity contribution is 6.15. The van der Waals surface area contributed by atoms with Gasteiger partial charge in [-0.05, 0) is 194 Å². The summed E-state index contributed by atoms with van der Waals surface area (Å²) in [5.41, 5.74) is 27.4. The molecule has 7 aromatic heterocycles. The first-order valence-corrected chi connectivity index (χ1v) is 37.1. The minimum Gasteiger partial charge on any atom is -0.456 e. The highest BCUT2D eigenvalue weighted by Gasteiger charge is 2.47. The zero-order chi connectivity index (χ0) is 71.2. The predicted molar refractivity (Wildman–Crippen MR) is 446 cm³/mol. The lowest BCUT2D eigenvalue weighted by Gasteiger charge is -2.34. The van der Waals surface area contributed by atoms with Gasteiger partial charge in [0.2, 0.25) is 5.95 Å². The van der Waals surface area contributed by atoms with Gasteiger partial charge < -0.3 is 17.8 Å². The van der Waals surface area contributed by atoms with Crippen molar-refractivity contribution in [3.05, 3.63) is 380 Å². The van der Waals surface area contributed by atoms with Gasteiger partial charge in [0.05, 0.1) is 44.2 Å². The van der Waals surface area contributed by atoms with Gasteiger partial charge in [0.1, 0.15) is 39.3 Å². The van der Waals surface area contributed by atoms with Crippen LogP contribution in [0.2, 0.25) is 0 Å². The Hall–Kier alpha value is -14.6. The van der Waals surface area contributed by atoms with E-state index in [2.05, 4.69) is 335 Å². The summed E-state index contributed by atoms with van der Waals surface area (Å²) in [5, 5.41) is 13.4. The smallest absolute Gasteiger partial charge is 0.237 e. The summed E-state index contributed by atoms with van der Waals surface area (Å²) in [7, 11) is 0. The Morgan fingerprint density at radius 1 is 0.220 bits per heavy atom. The Morgan fingerprint density at radius 3 is 1.04 bits per heavy atom. The lowest BCUT2D eigenvalue weighted by atomic mass is 9.67. The lowest BCUT2D eigenvalue weighted by Crippen LogP contribution is -2.28. The van der Waals surface area contributed by atoms with Crippen LogP contribution in [0.3, 0.4) is 0 Å². The van der Waals surface area contributed by atoms with Crippen molar-refractivity contribution in [2.45, 2.75) is 5.41 Å². The van der Waals surface area contributed by atoms with Gasteiger partial charge in [-0.1, -0.05) is 224 Å². The zero-order valence-electron chi connectivity index (χ0n) is 58.5. The quantitative estimate of drug-likeness (QED) is 0.144. The molecular formula is C101H59N5O3. The summed E-state index contributed by atoms with van der Waals surface area (Å²) in [4.78, 5) is 11.7. The fraction of sp³-hybridized carbons (Fsp3) is 0.00990. The molecular weight excluding hydrogens is 1330 g/mol. The minimum absolute atomic E-state index is 0.553. The van der Waals surface area contributed by atoms with Crippen molar-refractivity contribution in [3.63, 3.8) is 0 Å². The number of hydrogen-bond donors (Lipinski definition) is 0. The van der Waals surface area contributed by atoms with E-state index in [1.807, 2.05) is 36.4 Å². The van der Waals surface area contributed by atoms with E-state index in [1.165, 1.54) is 44.2 Å². The van der Waals surface area contributed by atoms with Crippen LogP contribution in [0.5, 0.6) is 0 Å². The van der Waals surface area contributed by atoms with Crippen LogP contribution in [0, 0.1) is 0 Å². The van der Waals surface area contributed by atoms with Crippen LogP contribution in [0.25, 0.3) is 204 Å². The van der Waals surface area contributed by atoms with Crippen molar-refractivity contribution < 1.29 is 13.3 Å². The summed E-state index contributed by atoms with van der Waals surface area (Å²) < 4.78 is 26.0. The molecule has 0 unspecified atom stereocenters. The van der Waals surface area contributed by atoms with E-state index in [1.54, 1.807) is 0 Å².